The monoisotopic (exact) mass is 508 g/mol. The third kappa shape index (κ3) is 5.53. The van der Waals surface area contributed by atoms with Gasteiger partial charge in [-0.1, -0.05) is 18.2 Å². The standard InChI is InChI=1S/C25H25N4O4PS/c1-3-32-34(31,33-4-2)20-10-7-18(8-11-20)13-14-29-22-12-9-19(17-26)16-21(22)27-25(29)28-24(30)23-6-5-15-35-23/h5-12,15-16H,3-4,13-14H2,1-2H3,(H,27,28,30). The van der Waals surface area contributed by atoms with Gasteiger partial charge in [0.2, 0.25) is 5.95 Å². The zero-order valence-corrected chi connectivity index (χ0v) is 21.1. The van der Waals surface area contributed by atoms with Gasteiger partial charge in [0.15, 0.2) is 0 Å². The van der Waals surface area contributed by atoms with E-state index in [1.807, 2.05) is 34.2 Å². The Kier molecular flexibility index (Phi) is 7.79. The molecule has 2 heterocycles. The molecular weight excluding hydrogens is 483 g/mol. The lowest BCUT2D eigenvalue weighted by molar-refractivity contribution is 0.102. The second kappa shape index (κ2) is 11.0. The number of nitrogens with one attached hydrogen (secondary N) is 1. The number of carbonyl (C=O) groups excluding carboxylic acids is 1. The minimum Gasteiger partial charge on any atom is -0.310 e. The maximum atomic E-state index is 13.0. The molecule has 4 rings (SSSR count). The number of imidazole rings is 1. The zero-order chi connectivity index (χ0) is 24.8. The molecule has 180 valence electrons. The number of carbonyl (C=O) groups is 1. The number of hydrogen-bond donors (Lipinski definition) is 1. The smallest absolute Gasteiger partial charge is 0.310 e. The van der Waals surface area contributed by atoms with E-state index in [1.165, 1.54) is 11.3 Å². The number of fused-ring (bicyclic) bond motifs is 1. The van der Waals surface area contributed by atoms with Crippen LogP contribution in [0.15, 0.2) is 60.0 Å². The molecule has 1 amide bonds. The Morgan fingerprint density at radius 1 is 1.14 bits per heavy atom. The van der Waals surface area contributed by atoms with E-state index in [9.17, 15) is 14.6 Å². The summed E-state index contributed by atoms with van der Waals surface area (Å²) in [6.07, 6.45) is 0.640. The van der Waals surface area contributed by atoms with Gasteiger partial charge >= 0.3 is 7.60 Å². The summed E-state index contributed by atoms with van der Waals surface area (Å²) >= 11 is 1.35. The SMILES string of the molecule is CCOP(=O)(OCC)c1ccc(CCn2c(NC(=O)c3cccs3)nc3cc(C#N)ccc32)cc1. The maximum Gasteiger partial charge on any atom is 0.361 e. The van der Waals surface area contributed by atoms with Crippen LogP contribution >= 0.6 is 18.9 Å². The van der Waals surface area contributed by atoms with Gasteiger partial charge in [-0.2, -0.15) is 5.26 Å². The summed E-state index contributed by atoms with van der Waals surface area (Å²) in [6, 6.07) is 18.3. The van der Waals surface area contributed by atoms with E-state index in [2.05, 4.69) is 16.4 Å². The van der Waals surface area contributed by atoms with Crippen molar-refractivity contribution in [1.82, 2.24) is 9.55 Å². The normalized spacial score (nSPS) is 11.5. The van der Waals surface area contributed by atoms with E-state index in [0.29, 0.717) is 53.4 Å². The van der Waals surface area contributed by atoms with Crippen molar-refractivity contribution in [2.24, 2.45) is 0 Å². The van der Waals surface area contributed by atoms with Crippen LogP contribution in [0.4, 0.5) is 5.95 Å². The fourth-order valence-electron chi connectivity index (χ4n) is 3.70. The van der Waals surface area contributed by atoms with Crippen LogP contribution in [-0.2, 0) is 26.6 Å². The molecule has 0 aliphatic heterocycles. The van der Waals surface area contributed by atoms with Gasteiger partial charge < -0.3 is 13.6 Å². The Morgan fingerprint density at radius 3 is 2.51 bits per heavy atom. The van der Waals surface area contributed by atoms with Gasteiger partial charge in [-0.05, 0) is 67.6 Å². The van der Waals surface area contributed by atoms with Crippen LogP contribution in [0, 0.1) is 11.3 Å². The molecule has 0 saturated carbocycles. The van der Waals surface area contributed by atoms with Gasteiger partial charge in [0.25, 0.3) is 5.91 Å². The minimum absolute atomic E-state index is 0.232. The van der Waals surface area contributed by atoms with Gasteiger partial charge in [0, 0.05) is 6.54 Å². The first kappa shape index (κ1) is 24.8. The van der Waals surface area contributed by atoms with Gasteiger partial charge in [-0.15, -0.1) is 11.3 Å². The fourth-order valence-corrected chi connectivity index (χ4v) is 5.89. The highest BCUT2D eigenvalue weighted by Crippen LogP contribution is 2.46. The van der Waals surface area contributed by atoms with Crippen LogP contribution in [0.1, 0.15) is 34.6 Å². The quantitative estimate of drug-likeness (QED) is 0.289. The highest BCUT2D eigenvalue weighted by molar-refractivity contribution is 7.62. The van der Waals surface area contributed by atoms with Crippen LogP contribution in [0.5, 0.6) is 0 Å². The average molecular weight is 509 g/mol. The number of aromatic nitrogens is 2. The topological polar surface area (TPSA) is 106 Å². The molecule has 10 heteroatoms. The first-order valence-corrected chi connectivity index (χ1v) is 13.6. The third-order valence-corrected chi connectivity index (χ3v) is 8.32. The summed E-state index contributed by atoms with van der Waals surface area (Å²) in [5, 5.41) is 14.5. The number of rotatable bonds is 10. The van der Waals surface area contributed by atoms with E-state index in [0.717, 1.165) is 11.1 Å². The first-order chi connectivity index (χ1) is 17.0. The number of thiophene rings is 1. The largest absolute Gasteiger partial charge is 0.361 e. The molecular formula is C25H25N4O4PS. The van der Waals surface area contributed by atoms with E-state index in [-0.39, 0.29) is 5.91 Å². The maximum absolute atomic E-state index is 13.0. The number of amides is 1. The van der Waals surface area contributed by atoms with Crippen LogP contribution < -0.4 is 10.6 Å². The predicted octanol–water partition coefficient (Wildman–Crippen LogP) is 5.36. The molecule has 0 radical (unpaired) electrons. The Labute approximate surface area is 207 Å². The van der Waals surface area contributed by atoms with E-state index >= 15 is 0 Å². The van der Waals surface area contributed by atoms with E-state index in [1.54, 1.807) is 44.2 Å². The molecule has 8 nitrogen and oxygen atoms in total. The molecule has 2 aromatic carbocycles. The number of benzene rings is 2. The summed E-state index contributed by atoms with van der Waals surface area (Å²) in [6.45, 7) is 4.69. The molecule has 0 bridgehead atoms. The Morgan fingerprint density at radius 2 is 1.89 bits per heavy atom. The van der Waals surface area contributed by atoms with Crippen molar-refractivity contribution in [2.45, 2.75) is 26.8 Å². The second-order valence-electron chi connectivity index (χ2n) is 7.58. The Balaban J connectivity index is 1.59. The first-order valence-electron chi connectivity index (χ1n) is 11.2. The highest BCUT2D eigenvalue weighted by atomic mass is 32.1. The van der Waals surface area contributed by atoms with Gasteiger partial charge in [-0.25, -0.2) is 4.98 Å². The highest BCUT2D eigenvalue weighted by Gasteiger charge is 2.26. The summed E-state index contributed by atoms with van der Waals surface area (Å²) < 4.78 is 25.8. The van der Waals surface area contributed by atoms with Gasteiger partial charge in [0.05, 0.1) is 46.1 Å². The molecule has 0 aliphatic carbocycles. The van der Waals surface area contributed by atoms with Crippen molar-refractivity contribution in [3.63, 3.8) is 0 Å². The second-order valence-corrected chi connectivity index (χ2v) is 10.6. The van der Waals surface area contributed by atoms with E-state index < -0.39 is 7.60 Å². The van der Waals surface area contributed by atoms with Crippen LogP contribution in [0.25, 0.3) is 11.0 Å². The molecule has 1 N–H and O–H groups in total. The Hall–Kier alpha value is -3.28. The molecule has 0 spiro atoms. The average Bonchev–Trinajstić information content (AvgIpc) is 3.51. The summed E-state index contributed by atoms with van der Waals surface area (Å²) in [5.41, 5.74) is 2.97. The number of aryl methyl sites for hydroxylation is 2. The molecule has 4 aromatic rings. The molecule has 0 aliphatic rings. The van der Waals surface area contributed by atoms with Crippen molar-refractivity contribution in [3.8, 4) is 6.07 Å². The molecule has 0 saturated heterocycles. The molecule has 35 heavy (non-hydrogen) atoms. The summed E-state index contributed by atoms with van der Waals surface area (Å²) in [4.78, 5) is 17.9. The van der Waals surface area contributed by atoms with Crippen LogP contribution in [0.2, 0.25) is 0 Å². The molecule has 0 unspecified atom stereocenters. The van der Waals surface area contributed by atoms with Gasteiger partial charge in [-0.3, -0.25) is 14.7 Å². The van der Waals surface area contributed by atoms with Crippen LogP contribution in [-0.4, -0.2) is 28.7 Å². The summed E-state index contributed by atoms with van der Waals surface area (Å²) in [7, 11) is -3.33. The molecule has 0 fully saturated rings. The number of nitriles is 1. The predicted molar refractivity (Wildman–Crippen MR) is 137 cm³/mol. The van der Waals surface area contributed by atoms with Crippen molar-refractivity contribution in [1.29, 1.82) is 5.26 Å². The molecule has 2 aromatic heterocycles. The van der Waals surface area contributed by atoms with E-state index in [4.69, 9.17) is 9.05 Å². The number of hydrogen-bond acceptors (Lipinski definition) is 7. The van der Waals surface area contributed by atoms with Crippen molar-refractivity contribution in [2.75, 3.05) is 18.5 Å². The van der Waals surface area contributed by atoms with Crippen LogP contribution in [0.3, 0.4) is 0 Å². The Bertz CT molecular complexity index is 1400. The lowest BCUT2D eigenvalue weighted by Crippen LogP contribution is -2.16. The van der Waals surface area contributed by atoms with Gasteiger partial charge in [0.1, 0.15) is 0 Å². The fraction of sp³-hybridized carbons (Fsp3) is 0.240. The minimum atomic E-state index is -3.33. The third-order valence-electron chi connectivity index (χ3n) is 5.32. The lowest BCUT2D eigenvalue weighted by atomic mass is 10.1. The van der Waals surface area contributed by atoms with Crippen molar-refractivity contribution >= 4 is 47.1 Å². The summed E-state index contributed by atoms with van der Waals surface area (Å²) in [5.74, 6) is 0.186. The molecule has 0 atom stereocenters. The van der Waals surface area contributed by atoms with Crippen molar-refractivity contribution in [3.05, 3.63) is 76.0 Å². The number of nitrogens with zero attached hydrogens (tertiary/aromatic N) is 3. The zero-order valence-electron chi connectivity index (χ0n) is 19.4. The van der Waals surface area contributed by atoms with Crippen molar-refractivity contribution < 1.29 is 18.4 Å². The number of anilines is 1. The lowest BCUT2D eigenvalue weighted by Gasteiger charge is -2.17.